The van der Waals surface area contributed by atoms with Crippen molar-refractivity contribution in [2.45, 2.75) is 83.6 Å². The van der Waals surface area contributed by atoms with E-state index in [2.05, 4.69) is 50.0 Å². The maximum atomic E-state index is 12.8. The molecule has 0 unspecified atom stereocenters. The number of hydrogen-bond donors (Lipinski definition) is 3. The average molecular weight is 589 g/mol. The Kier molecular flexibility index (Phi) is 11.1. The van der Waals surface area contributed by atoms with Gasteiger partial charge in [-0.05, 0) is 102 Å². The Hall–Kier alpha value is -2.95. The van der Waals surface area contributed by atoms with Crippen molar-refractivity contribution in [3.05, 3.63) is 52.8 Å². The molecule has 1 aliphatic heterocycles. The number of aryl methyl sites for hydroxylation is 1. The van der Waals surface area contributed by atoms with E-state index in [4.69, 9.17) is 16.3 Å². The van der Waals surface area contributed by atoms with E-state index in [-0.39, 0.29) is 27.9 Å². The maximum Gasteiger partial charge on any atom is 0.229 e. The first-order valence-electron chi connectivity index (χ1n) is 13.8. The van der Waals surface area contributed by atoms with Gasteiger partial charge in [0, 0.05) is 6.20 Å². The molecule has 0 amide bonds. The highest BCUT2D eigenvalue weighted by atomic mass is 35.5. The minimum Gasteiger partial charge on any atom is -0.489 e. The van der Waals surface area contributed by atoms with Crippen molar-refractivity contribution in [2.75, 3.05) is 23.7 Å². The molecule has 4 rings (SSSR count). The van der Waals surface area contributed by atoms with Crippen LogP contribution in [0.3, 0.4) is 0 Å². The van der Waals surface area contributed by atoms with E-state index >= 15 is 0 Å². The summed E-state index contributed by atoms with van der Waals surface area (Å²) in [6.45, 7) is 15.3. The number of hydrogen-bond acceptors (Lipinski definition) is 9. The predicted molar refractivity (Wildman–Crippen MR) is 163 cm³/mol. The molecule has 9 nitrogen and oxygen atoms in total. The van der Waals surface area contributed by atoms with E-state index in [1.54, 1.807) is 26.0 Å². The molecular formula is C29H41ClN6O3S. The van der Waals surface area contributed by atoms with Crippen LogP contribution >= 0.6 is 11.6 Å². The van der Waals surface area contributed by atoms with E-state index in [0.717, 1.165) is 37.4 Å². The standard InChI is InChI=1S/C27H35ClN6O3S.C2H6/c1-16(2)37-24-14-20(19-8-11-29-12-9-19)18(5)13-23(24)33-27-31-15-21(28)25(34-27)32-22-7-6-10-30-26(22)38(35,36)17(3)4;1-2/h6-7,10,13-17,19,29H,8-9,11-12H2,1-5H3,(H2,31,32,33,34);1-2H3. The van der Waals surface area contributed by atoms with Crippen LogP contribution in [0.5, 0.6) is 5.75 Å². The van der Waals surface area contributed by atoms with Crippen LogP contribution in [0.4, 0.5) is 23.1 Å². The van der Waals surface area contributed by atoms with Crippen LogP contribution in [0, 0.1) is 6.92 Å². The summed E-state index contributed by atoms with van der Waals surface area (Å²) >= 11 is 6.40. The fraction of sp³-hybridized carbons (Fsp3) is 0.483. The van der Waals surface area contributed by atoms with Gasteiger partial charge in [0.15, 0.2) is 20.7 Å². The van der Waals surface area contributed by atoms with Crippen LogP contribution in [0.15, 0.2) is 41.7 Å². The molecule has 3 heterocycles. The number of anilines is 4. The van der Waals surface area contributed by atoms with Crippen molar-refractivity contribution in [1.82, 2.24) is 20.3 Å². The lowest BCUT2D eigenvalue weighted by Gasteiger charge is -2.26. The summed E-state index contributed by atoms with van der Waals surface area (Å²) in [7, 11) is -3.63. The van der Waals surface area contributed by atoms with Crippen molar-refractivity contribution in [1.29, 1.82) is 0 Å². The van der Waals surface area contributed by atoms with Crippen molar-refractivity contribution in [2.24, 2.45) is 0 Å². The average Bonchev–Trinajstić information content (AvgIpc) is 2.93. The molecule has 0 saturated carbocycles. The summed E-state index contributed by atoms with van der Waals surface area (Å²) in [5.41, 5.74) is 3.50. The molecule has 0 aliphatic carbocycles. The van der Waals surface area contributed by atoms with Gasteiger partial charge < -0.3 is 20.7 Å². The molecule has 218 valence electrons. The summed E-state index contributed by atoms with van der Waals surface area (Å²) < 4.78 is 31.9. The summed E-state index contributed by atoms with van der Waals surface area (Å²) in [4.78, 5) is 13.0. The van der Waals surface area contributed by atoms with Crippen molar-refractivity contribution >= 4 is 44.6 Å². The minimum absolute atomic E-state index is 0.0191. The van der Waals surface area contributed by atoms with Crippen LogP contribution in [-0.4, -0.2) is 47.8 Å². The van der Waals surface area contributed by atoms with Gasteiger partial charge in [0.2, 0.25) is 5.95 Å². The number of benzene rings is 1. The Morgan fingerprint density at radius 3 is 2.40 bits per heavy atom. The fourth-order valence-electron chi connectivity index (χ4n) is 4.42. The smallest absolute Gasteiger partial charge is 0.229 e. The van der Waals surface area contributed by atoms with E-state index in [1.807, 2.05) is 27.7 Å². The Labute approximate surface area is 243 Å². The highest BCUT2D eigenvalue weighted by molar-refractivity contribution is 7.92. The van der Waals surface area contributed by atoms with Gasteiger partial charge >= 0.3 is 0 Å². The number of nitrogens with one attached hydrogen (secondary N) is 3. The van der Waals surface area contributed by atoms with E-state index in [0.29, 0.717) is 11.6 Å². The number of nitrogens with zero attached hydrogens (tertiary/aromatic N) is 3. The normalized spacial score (nSPS) is 14.1. The third kappa shape index (κ3) is 7.62. The van der Waals surface area contributed by atoms with Gasteiger partial charge in [-0.1, -0.05) is 25.4 Å². The number of ether oxygens (including phenoxy) is 1. The molecule has 1 aromatic carbocycles. The second kappa shape index (κ2) is 14.1. The third-order valence-electron chi connectivity index (χ3n) is 6.41. The molecule has 1 fully saturated rings. The van der Waals surface area contributed by atoms with Gasteiger partial charge in [-0.2, -0.15) is 4.98 Å². The topological polar surface area (TPSA) is 118 Å². The maximum absolute atomic E-state index is 12.8. The Balaban J connectivity index is 0.00000216. The molecule has 0 spiro atoms. The van der Waals surface area contributed by atoms with Crippen molar-refractivity contribution in [3.63, 3.8) is 0 Å². The molecule has 40 heavy (non-hydrogen) atoms. The zero-order chi connectivity index (χ0) is 29.4. The number of aromatic nitrogens is 3. The number of halogens is 1. The lowest BCUT2D eigenvalue weighted by Crippen LogP contribution is -2.27. The second-order valence-corrected chi connectivity index (χ2v) is 12.8. The van der Waals surface area contributed by atoms with Gasteiger partial charge in [0.05, 0.1) is 28.9 Å². The quantitative estimate of drug-likeness (QED) is 0.248. The van der Waals surface area contributed by atoms with Crippen molar-refractivity contribution < 1.29 is 13.2 Å². The second-order valence-electron chi connectivity index (χ2n) is 9.99. The number of piperidine rings is 1. The molecular weight excluding hydrogens is 548 g/mol. The molecule has 11 heteroatoms. The van der Waals surface area contributed by atoms with Crippen LogP contribution in [0.2, 0.25) is 5.02 Å². The van der Waals surface area contributed by atoms with Gasteiger partial charge in [0.25, 0.3) is 0 Å². The Morgan fingerprint density at radius 1 is 1.05 bits per heavy atom. The zero-order valence-electron chi connectivity index (χ0n) is 24.4. The van der Waals surface area contributed by atoms with Crippen LogP contribution in [0.1, 0.15) is 71.4 Å². The zero-order valence-corrected chi connectivity index (χ0v) is 25.9. The first-order valence-corrected chi connectivity index (χ1v) is 15.8. The van der Waals surface area contributed by atoms with Gasteiger partial charge in [-0.25, -0.2) is 18.4 Å². The molecule has 0 atom stereocenters. The Morgan fingerprint density at radius 2 is 1.75 bits per heavy atom. The highest BCUT2D eigenvalue weighted by Gasteiger charge is 2.25. The molecule has 0 bridgehead atoms. The molecule has 3 N–H and O–H groups in total. The molecule has 3 aromatic rings. The summed E-state index contributed by atoms with van der Waals surface area (Å²) in [6, 6.07) is 7.47. The molecule has 1 aliphatic rings. The van der Waals surface area contributed by atoms with E-state index in [1.165, 1.54) is 23.5 Å². The number of rotatable bonds is 9. The molecule has 0 radical (unpaired) electrons. The van der Waals surface area contributed by atoms with Gasteiger partial charge in [-0.3, -0.25) is 0 Å². The van der Waals surface area contributed by atoms with Crippen molar-refractivity contribution in [3.8, 4) is 5.75 Å². The van der Waals surface area contributed by atoms with Crippen LogP contribution in [0.25, 0.3) is 0 Å². The van der Waals surface area contributed by atoms with Crippen LogP contribution < -0.4 is 20.7 Å². The lowest BCUT2D eigenvalue weighted by atomic mass is 9.87. The van der Waals surface area contributed by atoms with Crippen LogP contribution in [-0.2, 0) is 9.84 Å². The molecule has 2 aromatic heterocycles. The predicted octanol–water partition coefficient (Wildman–Crippen LogP) is 6.78. The third-order valence-corrected chi connectivity index (χ3v) is 8.80. The largest absolute Gasteiger partial charge is 0.489 e. The van der Waals surface area contributed by atoms with Gasteiger partial charge in [0.1, 0.15) is 10.8 Å². The van der Waals surface area contributed by atoms with E-state index < -0.39 is 15.1 Å². The summed E-state index contributed by atoms with van der Waals surface area (Å²) in [5.74, 6) is 1.76. The molecule has 1 saturated heterocycles. The minimum atomic E-state index is -3.63. The fourth-order valence-corrected chi connectivity index (χ4v) is 5.64. The Bertz CT molecular complexity index is 1390. The number of sulfone groups is 1. The summed E-state index contributed by atoms with van der Waals surface area (Å²) in [5, 5.41) is 9.28. The monoisotopic (exact) mass is 588 g/mol. The first kappa shape index (κ1) is 31.6. The lowest BCUT2D eigenvalue weighted by molar-refractivity contribution is 0.243. The highest BCUT2D eigenvalue weighted by Crippen LogP contribution is 2.37. The number of pyridine rings is 1. The van der Waals surface area contributed by atoms with E-state index in [9.17, 15) is 8.42 Å². The summed E-state index contributed by atoms with van der Waals surface area (Å²) in [6.07, 6.45) is 5.07. The first-order chi connectivity index (χ1) is 19.1. The van der Waals surface area contributed by atoms with Gasteiger partial charge in [-0.15, -0.1) is 0 Å². The SMILES string of the molecule is CC.Cc1cc(Nc2ncc(Cl)c(Nc3cccnc3S(=O)(=O)C(C)C)n2)c(OC(C)C)cc1C1CCNCC1.